The molecule has 2 unspecified atom stereocenters. The molecular weight excluding hydrogens is 729 g/mol. The molecule has 0 spiro atoms. The van der Waals surface area contributed by atoms with E-state index >= 15 is 0 Å². The van der Waals surface area contributed by atoms with E-state index in [1.54, 1.807) is 0 Å². The van der Waals surface area contributed by atoms with Gasteiger partial charge < -0.3 is 27.9 Å². The van der Waals surface area contributed by atoms with Crippen molar-refractivity contribution < 1.29 is 47.4 Å². The van der Waals surface area contributed by atoms with Crippen molar-refractivity contribution in [2.75, 3.05) is 0 Å². The topological polar surface area (TPSA) is 140 Å². The van der Waals surface area contributed by atoms with Crippen LogP contribution in [-0.4, -0.2) is 56.9 Å². The third-order valence-corrected chi connectivity index (χ3v) is 10.3. The van der Waals surface area contributed by atoms with E-state index in [-0.39, 0.29) is 66.5 Å². The zero-order valence-electron chi connectivity index (χ0n) is 35.4. The van der Waals surface area contributed by atoms with Crippen molar-refractivity contribution in [3.05, 3.63) is 65.1 Å². The number of hydrogen-bond donors (Lipinski definition) is 4. The van der Waals surface area contributed by atoms with Gasteiger partial charge in [-0.3, -0.25) is 19.6 Å². The second-order valence-electron chi connectivity index (χ2n) is 17.3. The summed E-state index contributed by atoms with van der Waals surface area (Å²) in [6, 6.07) is 8.81. The summed E-state index contributed by atoms with van der Waals surface area (Å²) in [7, 11) is 0. The third-order valence-electron chi connectivity index (χ3n) is 10.3. The van der Waals surface area contributed by atoms with E-state index in [1.165, 1.54) is 36.8 Å². The number of nitrogens with zero attached hydrogens (tertiary/aromatic N) is 2. The van der Waals surface area contributed by atoms with Crippen LogP contribution in [0.5, 0.6) is 11.5 Å². The van der Waals surface area contributed by atoms with Crippen LogP contribution in [0.25, 0.3) is 0 Å². The average molecular weight is 804 g/mol. The van der Waals surface area contributed by atoms with E-state index < -0.39 is 18.4 Å². The Hall–Kier alpha value is -3.15. The molecule has 1 saturated carbocycles. The Labute approximate surface area is 345 Å². The first-order valence-electron chi connectivity index (χ1n) is 19.4. The number of phenolic OH excluding ortho intramolecular Hbond substituents is 2. The molecule has 4 N–H and O–H groups in total. The zero-order valence-corrected chi connectivity index (χ0v) is 36.7. The fraction of sp³-hybridized carbons (Fsp3) is 0.630. The molecule has 1 aliphatic carbocycles. The van der Waals surface area contributed by atoms with Crippen LogP contribution in [0, 0.1) is 7.43 Å². The first-order chi connectivity index (χ1) is 24.1. The molecule has 2 aromatic rings. The number of rotatable bonds is 14. The van der Waals surface area contributed by atoms with Gasteiger partial charge in [-0.25, -0.2) is 0 Å². The minimum atomic E-state index is -1.31. The number of phenols is 2. The predicted octanol–water partition coefficient (Wildman–Crippen LogP) is 11.9. The molecule has 9 heteroatoms. The van der Waals surface area contributed by atoms with Crippen molar-refractivity contribution in [2.24, 2.45) is 9.98 Å². The SMILES string of the molecule is C.CCCCC(C)(CCCC)c1cc(C=NC2CCCCC2N=Cc2cc(C(C)(C)C)cc(C(C)(C)C)c2O)c(O)c(C(C)C)c1.O=C(O)CC(=O)O.[CH3-].[Cr]. The van der Waals surface area contributed by atoms with Crippen molar-refractivity contribution >= 4 is 24.4 Å². The van der Waals surface area contributed by atoms with E-state index in [2.05, 4.69) is 100 Å². The van der Waals surface area contributed by atoms with Crippen LogP contribution in [0.3, 0.4) is 0 Å². The first-order valence-corrected chi connectivity index (χ1v) is 19.4. The Bertz CT molecular complexity index is 1530. The van der Waals surface area contributed by atoms with Crippen LogP contribution >= 0.6 is 0 Å². The fourth-order valence-corrected chi connectivity index (χ4v) is 6.80. The van der Waals surface area contributed by atoms with Crippen molar-refractivity contribution in [1.82, 2.24) is 0 Å². The predicted molar refractivity (Wildman–Crippen MR) is 228 cm³/mol. The number of carbonyl (C=O) groups is 2. The average Bonchev–Trinajstić information content (AvgIpc) is 3.04. The van der Waals surface area contributed by atoms with Gasteiger partial charge in [0.2, 0.25) is 0 Å². The van der Waals surface area contributed by atoms with Crippen LogP contribution < -0.4 is 0 Å². The summed E-state index contributed by atoms with van der Waals surface area (Å²) in [5.74, 6) is -1.71. The normalized spacial score (nSPS) is 16.1. The van der Waals surface area contributed by atoms with E-state index in [9.17, 15) is 19.8 Å². The van der Waals surface area contributed by atoms with Crippen LogP contribution in [0.1, 0.15) is 194 Å². The van der Waals surface area contributed by atoms with Crippen LogP contribution in [0.4, 0.5) is 0 Å². The fourth-order valence-electron chi connectivity index (χ4n) is 6.80. The summed E-state index contributed by atoms with van der Waals surface area (Å²) in [5.41, 5.74) is 5.97. The summed E-state index contributed by atoms with van der Waals surface area (Å²) in [6.45, 7) is 24.3. The molecule has 0 aliphatic heterocycles. The number of carboxylic acids is 2. The van der Waals surface area contributed by atoms with E-state index in [1.807, 2.05) is 12.4 Å². The molecule has 0 bridgehead atoms. The van der Waals surface area contributed by atoms with Gasteiger partial charge in [0.1, 0.15) is 17.9 Å². The molecule has 0 heterocycles. The molecule has 0 amide bonds. The van der Waals surface area contributed by atoms with Gasteiger partial charge in [-0.2, -0.15) is 0 Å². The second kappa shape index (κ2) is 23.8. The number of aromatic hydroxyl groups is 2. The molecule has 1 aliphatic rings. The van der Waals surface area contributed by atoms with Crippen LogP contribution in [0.2, 0.25) is 0 Å². The number of unbranched alkanes of at least 4 members (excludes halogenated alkanes) is 2. The van der Waals surface area contributed by atoms with Crippen LogP contribution in [0.15, 0.2) is 34.3 Å². The molecule has 312 valence electrons. The van der Waals surface area contributed by atoms with Gasteiger partial charge in [0.15, 0.2) is 0 Å². The van der Waals surface area contributed by atoms with Crippen molar-refractivity contribution in [3.8, 4) is 11.5 Å². The van der Waals surface area contributed by atoms with E-state index in [0.717, 1.165) is 60.8 Å². The number of hydrogen-bond acceptors (Lipinski definition) is 6. The maximum atomic E-state index is 11.4. The third kappa shape index (κ3) is 16.5. The summed E-state index contributed by atoms with van der Waals surface area (Å²) < 4.78 is 0. The van der Waals surface area contributed by atoms with E-state index in [4.69, 9.17) is 20.2 Å². The van der Waals surface area contributed by atoms with Gasteiger partial charge in [-0.05, 0) is 76.7 Å². The van der Waals surface area contributed by atoms with Crippen molar-refractivity contribution in [3.63, 3.8) is 0 Å². The maximum Gasteiger partial charge on any atom is 0.314 e. The molecule has 2 aromatic carbocycles. The monoisotopic (exact) mass is 804 g/mol. The number of carboxylic acid groups (broad SMARTS) is 2. The Morgan fingerprint density at radius 3 is 1.55 bits per heavy atom. The summed E-state index contributed by atoms with van der Waals surface area (Å²) in [4.78, 5) is 29.1. The minimum absolute atomic E-state index is 0. The molecule has 0 saturated heterocycles. The summed E-state index contributed by atoms with van der Waals surface area (Å²) in [6.07, 6.45) is 14.3. The quantitative estimate of drug-likeness (QED) is 0.0852. The molecule has 55 heavy (non-hydrogen) atoms. The Balaban J connectivity index is 0. The van der Waals surface area contributed by atoms with Crippen molar-refractivity contribution in [2.45, 2.75) is 188 Å². The second-order valence-corrected chi connectivity index (χ2v) is 17.3. The number of aliphatic carboxylic acids is 2. The van der Waals surface area contributed by atoms with Gasteiger partial charge in [0, 0.05) is 46.5 Å². The summed E-state index contributed by atoms with van der Waals surface area (Å²) in [5, 5.41) is 38.1. The number of aliphatic imine (C=N–C) groups is 2. The minimum Gasteiger partial charge on any atom is -0.507 e. The van der Waals surface area contributed by atoms with Gasteiger partial charge >= 0.3 is 11.9 Å². The molecule has 0 aromatic heterocycles. The van der Waals surface area contributed by atoms with Crippen molar-refractivity contribution in [1.29, 1.82) is 0 Å². The first kappa shape index (κ1) is 54.0. The standard InChI is InChI=1S/C41H64N2O2.C3H4O4.CH4.CH3.Cr/c1-12-14-20-41(11,21-15-13-2)32-23-29(37(44)33(24-32)28(3)4)26-42-35-18-16-17-19-36(35)43-27-30-22-31(39(5,6)7)25-34(38(30)45)40(8,9)10;4-2(5)1-3(6)7;;;/h22-28,35-36,44-45H,12-21H2,1-11H3;1H2,(H,4,5)(H,6,7);1H4;1H3;/q;;;-1;. The number of benzene rings is 2. The molecule has 2 atom stereocenters. The Morgan fingerprint density at radius 2 is 1.18 bits per heavy atom. The Morgan fingerprint density at radius 1 is 0.745 bits per heavy atom. The maximum absolute atomic E-state index is 11.4. The Kier molecular flexibility index (Phi) is 23.4. The van der Waals surface area contributed by atoms with Gasteiger partial charge in [-0.1, -0.05) is 134 Å². The molecule has 8 nitrogen and oxygen atoms in total. The van der Waals surface area contributed by atoms with Gasteiger partial charge in [0.05, 0.1) is 12.1 Å². The van der Waals surface area contributed by atoms with Crippen LogP contribution in [-0.2, 0) is 43.2 Å². The molecule has 3 rings (SSSR count). The molecule has 0 radical (unpaired) electrons. The molecular formula is C46H75CrN2O6-. The molecule has 1 fully saturated rings. The van der Waals surface area contributed by atoms with Gasteiger partial charge in [0.25, 0.3) is 0 Å². The zero-order chi connectivity index (χ0) is 39.4. The largest absolute Gasteiger partial charge is 0.507 e. The summed E-state index contributed by atoms with van der Waals surface area (Å²) >= 11 is 0. The smallest absolute Gasteiger partial charge is 0.314 e. The van der Waals surface area contributed by atoms with E-state index in [0.29, 0.717) is 11.5 Å². The van der Waals surface area contributed by atoms with Gasteiger partial charge in [-0.15, -0.1) is 0 Å².